The zero-order valence-electron chi connectivity index (χ0n) is 16.4. The molecule has 1 fully saturated rings. The minimum atomic E-state index is -2.93. The van der Waals surface area contributed by atoms with Crippen LogP contribution in [-0.2, 0) is 16.7 Å². The second kappa shape index (κ2) is 7.15. The van der Waals surface area contributed by atoms with Gasteiger partial charge in [0.25, 0.3) is 12.4 Å². The number of aliphatic imine (C=N–C) groups is 1. The molecule has 160 valence electrons. The quantitative estimate of drug-likeness (QED) is 0.806. The number of aromatic nitrogens is 1. The fraction of sp³-hybridized carbons (Fsp3) is 0.409. The lowest BCUT2D eigenvalue weighted by Crippen LogP contribution is -2.43. The summed E-state index contributed by atoms with van der Waals surface area (Å²) in [6.45, 7) is 0.450. The molecule has 9 heteroatoms. The molecule has 4 atom stereocenters. The van der Waals surface area contributed by atoms with Crippen LogP contribution in [0, 0.1) is 23.1 Å². The summed E-state index contributed by atoms with van der Waals surface area (Å²) in [6.07, 6.45) is -0.417. The fourth-order valence-electron chi connectivity index (χ4n) is 4.68. The molecule has 3 heterocycles. The Labute approximate surface area is 176 Å². The predicted octanol–water partition coefficient (Wildman–Crippen LogP) is 3.39. The van der Waals surface area contributed by atoms with Crippen molar-refractivity contribution in [3.63, 3.8) is 0 Å². The molecule has 2 aliphatic heterocycles. The lowest BCUT2D eigenvalue weighted by Gasteiger charge is -2.33. The molecule has 0 saturated heterocycles. The van der Waals surface area contributed by atoms with E-state index < -0.39 is 29.8 Å². The number of rotatable bonds is 4. The van der Waals surface area contributed by atoms with Crippen LogP contribution in [0.4, 0.5) is 13.2 Å². The number of alkyl halides is 2. The van der Waals surface area contributed by atoms with Crippen molar-refractivity contribution in [2.24, 2.45) is 16.6 Å². The molecule has 0 amide bonds. The van der Waals surface area contributed by atoms with Gasteiger partial charge in [0.15, 0.2) is 5.54 Å². The minimum Gasteiger partial charge on any atom is -0.492 e. The van der Waals surface area contributed by atoms with E-state index in [-0.39, 0.29) is 17.5 Å². The van der Waals surface area contributed by atoms with Gasteiger partial charge in [-0.15, -0.1) is 0 Å². The van der Waals surface area contributed by atoms with E-state index >= 15 is 0 Å². The van der Waals surface area contributed by atoms with Gasteiger partial charge in [0.05, 0.1) is 17.9 Å². The van der Waals surface area contributed by atoms with E-state index in [1.54, 1.807) is 12.1 Å². The number of nitriles is 1. The molecule has 2 aromatic rings. The Balaban J connectivity index is 1.51. The van der Waals surface area contributed by atoms with Crippen LogP contribution in [0.25, 0.3) is 0 Å². The molecular weight excluding hydrogens is 409 g/mol. The van der Waals surface area contributed by atoms with Crippen LogP contribution in [0.5, 0.6) is 5.75 Å². The zero-order chi connectivity index (χ0) is 21.8. The molecule has 6 nitrogen and oxygen atoms in total. The minimum absolute atomic E-state index is 0.0470. The second-order valence-corrected chi connectivity index (χ2v) is 8.15. The van der Waals surface area contributed by atoms with E-state index in [1.807, 2.05) is 6.07 Å². The molecule has 2 N–H and O–H groups in total. The monoisotopic (exact) mass is 428 g/mol. The number of pyridine rings is 1. The Morgan fingerprint density at radius 3 is 2.94 bits per heavy atom. The summed E-state index contributed by atoms with van der Waals surface area (Å²) in [7, 11) is 0. The Bertz CT molecular complexity index is 1120. The summed E-state index contributed by atoms with van der Waals surface area (Å²) >= 11 is 0. The van der Waals surface area contributed by atoms with E-state index in [0.29, 0.717) is 48.4 Å². The first-order valence-electron chi connectivity index (χ1n) is 10.0. The third-order valence-electron chi connectivity index (χ3n) is 6.26. The first kappa shape index (κ1) is 19.7. The Morgan fingerprint density at radius 2 is 2.16 bits per heavy atom. The summed E-state index contributed by atoms with van der Waals surface area (Å²) in [4.78, 5) is 8.30. The Hall–Kier alpha value is -3.28. The lowest BCUT2D eigenvalue weighted by molar-refractivity contribution is 0.0176. The van der Waals surface area contributed by atoms with E-state index in [1.165, 1.54) is 18.3 Å². The van der Waals surface area contributed by atoms with E-state index in [4.69, 9.17) is 20.5 Å². The van der Waals surface area contributed by atoms with Crippen molar-refractivity contribution >= 4 is 6.02 Å². The van der Waals surface area contributed by atoms with Gasteiger partial charge < -0.3 is 15.2 Å². The number of amidine groups is 1. The number of nitrogens with two attached hydrogens (primary N) is 1. The normalized spacial score (nSPS) is 28.5. The molecule has 1 aromatic heterocycles. The molecule has 1 aliphatic carbocycles. The number of hydrogen-bond donors (Lipinski definition) is 1. The van der Waals surface area contributed by atoms with Crippen LogP contribution < -0.4 is 10.5 Å². The molecule has 0 spiro atoms. The maximum Gasteiger partial charge on any atom is 0.283 e. The largest absolute Gasteiger partial charge is 0.492 e. The van der Waals surface area contributed by atoms with Crippen molar-refractivity contribution in [1.82, 2.24) is 4.98 Å². The van der Waals surface area contributed by atoms with Gasteiger partial charge >= 0.3 is 0 Å². The molecule has 3 aliphatic rings. The Kier molecular flexibility index (Phi) is 4.54. The average molecular weight is 428 g/mol. The van der Waals surface area contributed by atoms with E-state index in [0.717, 1.165) is 0 Å². The van der Waals surface area contributed by atoms with Crippen LogP contribution in [0.3, 0.4) is 0 Å². The van der Waals surface area contributed by atoms with Gasteiger partial charge in [-0.3, -0.25) is 4.98 Å². The smallest absolute Gasteiger partial charge is 0.283 e. The molecule has 1 aromatic carbocycles. The van der Waals surface area contributed by atoms with Crippen LogP contribution in [0.1, 0.15) is 41.1 Å². The second-order valence-electron chi connectivity index (χ2n) is 8.15. The molecule has 0 bridgehead atoms. The van der Waals surface area contributed by atoms with Crippen molar-refractivity contribution in [3.05, 3.63) is 58.7 Å². The summed E-state index contributed by atoms with van der Waals surface area (Å²) in [5.41, 5.74) is 5.24. The predicted molar refractivity (Wildman–Crippen MR) is 104 cm³/mol. The first-order valence-corrected chi connectivity index (χ1v) is 10.0. The van der Waals surface area contributed by atoms with Gasteiger partial charge in [-0.25, -0.2) is 18.2 Å². The standard InChI is InChI=1S/C22H19F3N4O2/c23-16-2-1-11(5-13-3-4-30-18-7-12(9-26)10-28-19(13)18)6-14(16)22(20(24)25)15-8-17(15)31-21(27)29-22/h1-2,6-7,10,13,15,17,20H,3-5,8H2,(H2,27,29)/t13-,15-,17+,22+/m0/s1. The van der Waals surface area contributed by atoms with Crippen LogP contribution in [0.15, 0.2) is 35.5 Å². The molecule has 0 unspecified atom stereocenters. The van der Waals surface area contributed by atoms with Crippen LogP contribution >= 0.6 is 0 Å². The van der Waals surface area contributed by atoms with Gasteiger partial charge in [-0.1, -0.05) is 12.1 Å². The first-order chi connectivity index (χ1) is 14.9. The van der Waals surface area contributed by atoms with Gasteiger partial charge in [0.2, 0.25) is 0 Å². The van der Waals surface area contributed by atoms with Gasteiger partial charge in [0.1, 0.15) is 23.7 Å². The maximum atomic E-state index is 14.8. The summed E-state index contributed by atoms with van der Waals surface area (Å²) in [5, 5.41) is 9.06. The van der Waals surface area contributed by atoms with Crippen molar-refractivity contribution in [2.75, 3.05) is 6.61 Å². The van der Waals surface area contributed by atoms with Crippen molar-refractivity contribution in [2.45, 2.75) is 43.2 Å². The molecule has 0 radical (unpaired) electrons. The van der Waals surface area contributed by atoms with Crippen LogP contribution in [0.2, 0.25) is 0 Å². The SMILES string of the molecule is N#Cc1cnc2c(c1)OCC[C@H]2Cc1ccc(F)c([C@@]2(C(F)F)N=C(N)O[C@@H]3C[C@@H]32)c1. The number of fused-ring (bicyclic) bond motifs is 2. The highest BCUT2D eigenvalue weighted by molar-refractivity contribution is 5.74. The molecule has 1 saturated carbocycles. The third-order valence-corrected chi connectivity index (χ3v) is 6.26. The van der Waals surface area contributed by atoms with Gasteiger partial charge in [0, 0.05) is 29.7 Å². The summed E-state index contributed by atoms with van der Waals surface area (Å²) in [5.74, 6) is -0.852. The summed E-state index contributed by atoms with van der Waals surface area (Å²) < 4.78 is 54.4. The average Bonchev–Trinajstić information content (AvgIpc) is 3.53. The number of halogens is 3. The molecule has 31 heavy (non-hydrogen) atoms. The maximum absolute atomic E-state index is 14.8. The number of benzene rings is 1. The highest BCUT2D eigenvalue weighted by Crippen LogP contribution is 2.56. The molecule has 5 rings (SSSR count). The summed E-state index contributed by atoms with van der Waals surface area (Å²) in [6, 6.07) is 7.61. The zero-order valence-corrected chi connectivity index (χ0v) is 16.4. The number of nitrogens with zero attached hydrogens (tertiary/aromatic N) is 3. The van der Waals surface area contributed by atoms with Crippen molar-refractivity contribution < 1.29 is 22.6 Å². The number of ether oxygens (including phenoxy) is 2. The Morgan fingerprint density at radius 1 is 1.32 bits per heavy atom. The highest BCUT2D eigenvalue weighted by Gasteiger charge is 2.64. The lowest BCUT2D eigenvalue weighted by atomic mass is 9.82. The fourth-order valence-corrected chi connectivity index (χ4v) is 4.68. The molecular formula is C22H19F3N4O2. The topological polar surface area (TPSA) is 93.5 Å². The van der Waals surface area contributed by atoms with Crippen molar-refractivity contribution in [1.29, 1.82) is 5.26 Å². The number of hydrogen-bond acceptors (Lipinski definition) is 6. The van der Waals surface area contributed by atoms with Crippen molar-refractivity contribution in [3.8, 4) is 11.8 Å². The van der Waals surface area contributed by atoms with Gasteiger partial charge in [-0.05, 0) is 30.9 Å². The highest BCUT2D eigenvalue weighted by atomic mass is 19.3. The third kappa shape index (κ3) is 3.17. The van der Waals surface area contributed by atoms with Gasteiger partial charge in [-0.2, -0.15) is 5.26 Å². The van der Waals surface area contributed by atoms with E-state index in [9.17, 15) is 13.2 Å². The van der Waals surface area contributed by atoms with Crippen LogP contribution in [-0.4, -0.2) is 30.1 Å². The van der Waals surface area contributed by atoms with E-state index in [2.05, 4.69) is 9.98 Å².